The first kappa shape index (κ1) is 12.6. The molecule has 1 fully saturated rings. The van der Waals surface area contributed by atoms with Gasteiger partial charge in [-0.15, -0.1) is 0 Å². The summed E-state index contributed by atoms with van der Waals surface area (Å²) in [5, 5.41) is 11.4. The molecule has 0 spiro atoms. The van der Waals surface area contributed by atoms with Crippen LogP contribution in [0, 0.1) is 0 Å². The Labute approximate surface area is 106 Å². The molecule has 1 aromatic heterocycles. The molecule has 18 heavy (non-hydrogen) atoms. The van der Waals surface area contributed by atoms with Crippen molar-refractivity contribution in [3.63, 3.8) is 0 Å². The number of hydrogen-bond donors (Lipinski definition) is 2. The molecule has 1 aliphatic heterocycles. The Hall–Kier alpha value is -1.89. The summed E-state index contributed by atoms with van der Waals surface area (Å²) in [7, 11) is 2.12. The average molecular weight is 250 g/mol. The smallest absolute Gasteiger partial charge is 0.190 e. The van der Waals surface area contributed by atoms with Crippen molar-refractivity contribution in [2.75, 3.05) is 31.6 Å². The topological polar surface area (TPSA) is 90.9 Å². The molecule has 0 aromatic carbocycles. The Morgan fingerprint density at radius 1 is 1.44 bits per heavy atom. The largest absolute Gasteiger partial charge is 0.409 e. The first-order valence-corrected chi connectivity index (χ1v) is 5.87. The van der Waals surface area contributed by atoms with Crippen molar-refractivity contribution in [3.05, 3.63) is 18.1 Å². The molecule has 0 saturated carbocycles. The SMILES string of the molecule is CC1CN(c2cnc(C(N)=NO)cn2)CCN1C. The van der Waals surface area contributed by atoms with Crippen LogP contribution in [0.2, 0.25) is 0 Å². The summed E-state index contributed by atoms with van der Waals surface area (Å²) >= 11 is 0. The third kappa shape index (κ3) is 2.51. The maximum absolute atomic E-state index is 8.55. The van der Waals surface area contributed by atoms with Crippen molar-refractivity contribution in [1.82, 2.24) is 14.9 Å². The molecule has 1 atom stereocenters. The fraction of sp³-hybridized carbons (Fsp3) is 0.545. The van der Waals surface area contributed by atoms with Crippen molar-refractivity contribution in [2.45, 2.75) is 13.0 Å². The molecule has 1 aromatic rings. The highest BCUT2D eigenvalue weighted by Crippen LogP contribution is 2.14. The number of aromatic nitrogens is 2. The van der Waals surface area contributed by atoms with Crippen LogP contribution in [0.25, 0.3) is 0 Å². The van der Waals surface area contributed by atoms with E-state index in [-0.39, 0.29) is 5.84 Å². The highest BCUT2D eigenvalue weighted by Gasteiger charge is 2.21. The van der Waals surface area contributed by atoms with E-state index >= 15 is 0 Å². The highest BCUT2D eigenvalue weighted by atomic mass is 16.4. The molecular weight excluding hydrogens is 232 g/mol. The molecule has 98 valence electrons. The first-order chi connectivity index (χ1) is 8.61. The Balaban J connectivity index is 2.10. The third-order valence-corrected chi connectivity index (χ3v) is 3.29. The normalized spacial score (nSPS) is 22.2. The van der Waals surface area contributed by atoms with Crippen LogP contribution in [0.1, 0.15) is 12.6 Å². The van der Waals surface area contributed by atoms with Crippen molar-refractivity contribution in [1.29, 1.82) is 0 Å². The molecule has 0 radical (unpaired) electrons. The van der Waals surface area contributed by atoms with Gasteiger partial charge in [0.25, 0.3) is 0 Å². The quantitative estimate of drug-likeness (QED) is 0.324. The minimum atomic E-state index is -0.0270. The highest BCUT2D eigenvalue weighted by molar-refractivity contribution is 5.94. The molecule has 3 N–H and O–H groups in total. The van der Waals surface area contributed by atoms with Crippen molar-refractivity contribution < 1.29 is 5.21 Å². The van der Waals surface area contributed by atoms with Crippen LogP contribution in [0.5, 0.6) is 0 Å². The molecule has 0 bridgehead atoms. The van der Waals surface area contributed by atoms with Gasteiger partial charge in [0.2, 0.25) is 0 Å². The van der Waals surface area contributed by atoms with Crippen molar-refractivity contribution >= 4 is 11.7 Å². The number of hydrogen-bond acceptors (Lipinski definition) is 6. The second-order valence-corrected chi connectivity index (χ2v) is 4.52. The summed E-state index contributed by atoms with van der Waals surface area (Å²) in [5.41, 5.74) is 5.82. The van der Waals surface area contributed by atoms with Gasteiger partial charge in [-0.3, -0.25) is 0 Å². The molecule has 1 saturated heterocycles. The second kappa shape index (κ2) is 5.18. The van der Waals surface area contributed by atoms with Crippen molar-refractivity contribution in [2.24, 2.45) is 10.9 Å². The molecule has 2 heterocycles. The van der Waals surface area contributed by atoms with E-state index in [1.165, 1.54) is 6.20 Å². The Morgan fingerprint density at radius 2 is 2.22 bits per heavy atom. The van der Waals surface area contributed by atoms with Gasteiger partial charge < -0.3 is 20.7 Å². The van der Waals surface area contributed by atoms with Crippen LogP contribution in [0.4, 0.5) is 5.82 Å². The number of nitrogens with two attached hydrogens (primary N) is 1. The summed E-state index contributed by atoms with van der Waals surface area (Å²) in [5.74, 6) is 0.797. The van der Waals surface area contributed by atoms with E-state index in [0.717, 1.165) is 25.5 Å². The fourth-order valence-electron chi connectivity index (χ4n) is 1.92. The van der Waals surface area contributed by atoms with E-state index in [0.29, 0.717) is 11.7 Å². The van der Waals surface area contributed by atoms with Crippen LogP contribution in [-0.4, -0.2) is 58.6 Å². The molecule has 0 aliphatic carbocycles. The predicted molar refractivity (Wildman–Crippen MR) is 68.8 cm³/mol. The van der Waals surface area contributed by atoms with Crippen LogP contribution in [0.15, 0.2) is 17.5 Å². The monoisotopic (exact) mass is 250 g/mol. The summed E-state index contributed by atoms with van der Waals surface area (Å²) < 4.78 is 0. The Kier molecular flexibility index (Phi) is 3.61. The molecule has 7 heteroatoms. The Bertz CT molecular complexity index is 432. The van der Waals surface area contributed by atoms with Gasteiger partial charge in [-0.05, 0) is 14.0 Å². The Morgan fingerprint density at radius 3 is 2.78 bits per heavy atom. The number of rotatable bonds is 2. The maximum atomic E-state index is 8.55. The van der Waals surface area contributed by atoms with E-state index in [1.807, 2.05) is 0 Å². The summed E-state index contributed by atoms with van der Waals surface area (Å²) in [4.78, 5) is 12.9. The van der Waals surface area contributed by atoms with Gasteiger partial charge in [-0.25, -0.2) is 9.97 Å². The first-order valence-electron chi connectivity index (χ1n) is 5.87. The van der Waals surface area contributed by atoms with Gasteiger partial charge >= 0.3 is 0 Å². The minimum Gasteiger partial charge on any atom is -0.409 e. The van der Waals surface area contributed by atoms with Gasteiger partial charge in [-0.1, -0.05) is 5.16 Å². The zero-order valence-electron chi connectivity index (χ0n) is 10.6. The number of piperazine rings is 1. The zero-order valence-corrected chi connectivity index (χ0v) is 10.6. The van der Waals surface area contributed by atoms with Crippen molar-refractivity contribution in [3.8, 4) is 0 Å². The van der Waals surface area contributed by atoms with Gasteiger partial charge in [0, 0.05) is 25.7 Å². The lowest BCUT2D eigenvalue weighted by atomic mass is 10.2. The number of anilines is 1. The molecule has 1 aliphatic rings. The van der Waals surface area contributed by atoms with E-state index in [9.17, 15) is 0 Å². The van der Waals surface area contributed by atoms with Crippen LogP contribution < -0.4 is 10.6 Å². The average Bonchev–Trinajstić information content (AvgIpc) is 2.41. The zero-order chi connectivity index (χ0) is 13.1. The lowest BCUT2D eigenvalue weighted by Crippen LogP contribution is -2.50. The summed E-state index contributed by atoms with van der Waals surface area (Å²) in [6.07, 6.45) is 3.18. The summed E-state index contributed by atoms with van der Waals surface area (Å²) in [6, 6.07) is 0.490. The van der Waals surface area contributed by atoms with E-state index in [1.54, 1.807) is 6.20 Å². The number of oxime groups is 1. The third-order valence-electron chi connectivity index (χ3n) is 3.29. The van der Waals surface area contributed by atoms with Gasteiger partial charge in [0.1, 0.15) is 11.5 Å². The van der Waals surface area contributed by atoms with E-state index < -0.39 is 0 Å². The second-order valence-electron chi connectivity index (χ2n) is 4.52. The van der Waals surface area contributed by atoms with Gasteiger partial charge in [0.15, 0.2) is 5.84 Å². The lowest BCUT2D eigenvalue weighted by Gasteiger charge is -2.38. The van der Waals surface area contributed by atoms with Crippen LogP contribution in [0.3, 0.4) is 0 Å². The van der Waals surface area contributed by atoms with E-state index in [4.69, 9.17) is 10.9 Å². The number of amidine groups is 1. The molecule has 1 unspecified atom stereocenters. The standard InChI is InChI=1S/C11H18N6O/c1-8-7-17(4-3-16(8)2)10-6-13-9(5-14-10)11(12)15-18/h5-6,8,18H,3-4,7H2,1-2H3,(H2,12,15). The lowest BCUT2D eigenvalue weighted by molar-refractivity contribution is 0.233. The summed E-state index contributed by atoms with van der Waals surface area (Å²) in [6.45, 7) is 5.04. The van der Waals surface area contributed by atoms with Gasteiger partial charge in [0.05, 0.1) is 12.4 Å². The molecule has 7 nitrogen and oxygen atoms in total. The molecular formula is C11H18N6O. The van der Waals surface area contributed by atoms with Crippen LogP contribution >= 0.6 is 0 Å². The maximum Gasteiger partial charge on any atom is 0.190 e. The van der Waals surface area contributed by atoms with Crippen LogP contribution in [-0.2, 0) is 0 Å². The van der Waals surface area contributed by atoms with E-state index in [2.05, 4.69) is 38.9 Å². The molecule has 0 amide bonds. The molecule has 2 rings (SSSR count). The number of likely N-dealkylation sites (N-methyl/N-ethyl adjacent to an activating group) is 1. The number of nitrogens with zero attached hydrogens (tertiary/aromatic N) is 5. The van der Waals surface area contributed by atoms with Gasteiger partial charge in [-0.2, -0.15) is 0 Å². The predicted octanol–water partition coefficient (Wildman–Crippen LogP) is -0.289. The minimum absolute atomic E-state index is 0.0270. The fourth-order valence-corrected chi connectivity index (χ4v) is 1.92.